The molecule has 0 bridgehead atoms. The molecule has 2 saturated heterocycles. The monoisotopic (exact) mass is 442 g/mol. The summed E-state index contributed by atoms with van der Waals surface area (Å²) in [6, 6.07) is 7.38. The number of carbonyl (C=O) groups excluding carboxylic acids is 2. The van der Waals surface area contributed by atoms with Gasteiger partial charge in [-0.05, 0) is 25.0 Å². The zero-order valence-electron chi connectivity index (χ0n) is 17.9. The van der Waals surface area contributed by atoms with Crippen molar-refractivity contribution in [3.05, 3.63) is 46.4 Å². The van der Waals surface area contributed by atoms with Gasteiger partial charge in [0.25, 0.3) is 5.91 Å². The third-order valence-electron chi connectivity index (χ3n) is 5.95. The Labute approximate surface area is 187 Å². The van der Waals surface area contributed by atoms with Gasteiger partial charge in [0.05, 0.1) is 23.3 Å². The molecular formula is C23H30N4O3S. The summed E-state index contributed by atoms with van der Waals surface area (Å²) in [5, 5.41) is 1.94. The standard InChI is InChI=1S/C23H30N4O3S/c28-22(26-9-5-1-2-6-10-26)15-25-11-13-27(14-12-25)23(29)20-7-3-4-8-21(20)30-16-19-17-31-18-24-19/h3-4,7-8,17-18H,1-2,5-6,9-16H2. The molecule has 0 N–H and O–H groups in total. The van der Waals surface area contributed by atoms with Crippen molar-refractivity contribution in [2.45, 2.75) is 32.3 Å². The van der Waals surface area contributed by atoms with Gasteiger partial charge in [-0.3, -0.25) is 14.5 Å². The molecule has 31 heavy (non-hydrogen) atoms. The fourth-order valence-corrected chi connectivity index (χ4v) is 4.66. The molecule has 3 heterocycles. The van der Waals surface area contributed by atoms with Gasteiger partial charge in [0.1, 0.15) is 12.4 Å². The summed E-state index contributed by atoms with van der Waals surface area (Å²) in [5.41, 5.74) is 3.20. The van der Waals surface area contributed by atoms with E-state index >= 15 is 0 Å². The van der Waals surface area contributed by atoms with E-state index < -0.39 is 0 Å². The van der Waals surface area contributed by atoms with E-state index in [-0.39, 0.29) is 11.8 Å². The molecule has 0 spiro atoms. The van der Waals surface area contributed by atoms with Crippen LogP contribution in [0.3, 0.4) is 0 Å². The van der Waals surface area contributed by atoms with Gasteiger partial charge in [0, 0.05) is 44.6 Å². The number of para-hydroxylation sites is 1. The Balaban J connectivity index is 1.29. The molecule has 0 atom stereocenters. The molecule has 1 aromatic carbocycles. The summed E-state index contributed by atoms with van der Waals surface area (Å²) in [6.07, 6.45) is 4.66. The maximum atomic E-state index is 13.1. The van der Waals surface area contributed by atoms with E-state index in [1.54, 1.807) is 5.51 Å². The second-order valence-electron chi connectivity index (χ2n) is 8.13. The van der Waals surface area contributed by atoms with Crippen LogP contribution in [0.15, 0.2) is 35.2 Å². The summed E-state index contributed by atoms with van der Waals surface area (Å²) < 4.78 is 5.88. The number of amides is 2. The van der Waals surface area contributed by atoms with E-state index in [9.17, 15) is 9.59 Å². The van der Waals surface area contributed by atoms with Crippen LogP contribution in [0.4, 0.5) is 0 Å². The van der Waals surface area contributed by atoms with Gasteiger partial charge in [-0.1, -0.05) is 25.0 Å². The molecule has 0 radical (unpaired) electrons. The maximum absolute atomic E-state index is 13.1. The predicted octanol–water partition coefficient (Wildman–Crippen LogP) is 2.88. The Morgan fingerprint density at radius 1 is 0.935 bits per heavy atom. The second kappa shape index (κ2) is 10.7. The number of ether oxygens (including phenoxy) is 1. The van der Waals surface area contributed by atoms with E-state index in [0.29, 0.717) is 50.6 Å². The van der Waals surface area contributed by atoms with Crippen molar-refractivity contribution in [2.24, 2.45) is 0 Å². The van der Waals surface area contributed by atoms with Crippen molar-refractivity contribution in [1.82, 2.24) is 19.7 Å². The first kappa shape index (κ1) is 21.8. The van der Waals surface area contributed by atoms with Crippen LogP contribution < -0.4 is 4.74 Å². The fourth-order valence-electron chi connectivity index (χ4n) is 4.12. The molecule has 7 nitrogen and oxygen atoms in total. The Morgan fingerprint density at radius 2 is 1.68 bits per heavy atom. The lowest BCUT2D eigenvalue weighted by molar-refractivity contribution is -0.132. The molecule has 8 heteroatoms. The highest BCUT2D eigenvalue weighted by molar-refractivity contribution is 7.07. The molecule has 2 fully saturated rings. The van der Waals surface area contributed by atoms with Gasteiger partial charge in [-0.2, -0.15) is 0 Å². The van der Waals surface area contributed by atoms with Gasteiger partial charge < -0.3 is 14.5 Å². The first-order valence-electron chi connectivity index (χ1n) is 11.1. The molecule has 2 aliphatic rings. The predicted molar refractivity (Wildman–Crippen MR) is 120 cm³/mol. The van der Waals surface area contributed by atoms with E-state index in [1.165, 1.54) is 24.2 Å². The average Bonchev–Trinajstić information content (AvgIpc) is 3.17. The third-order valence-corrected chi connectivity index (χ3v) is 6.59. The zero-order valence-corrected chi connectivity index (χ0v) is 18.7. The van der Waals surface area contributed by atoms with Crippen LogP contribution in [0.25, 0.3) is 0 Å². The number of rotatable bonds is 6. The first-order chi connectivity index (χ1) is 15.2. The maximum Gasteiger partial charge on any atom is 0.257 e. The van der Waals surface area contributed by atoms with Crippen molar-refractivity contribution >= 4 is 23.2 Å². The highest BCUT2D eigenvalue weighted by Crippen LogP contribution is 2.22. The molecule has 2 amide bonds. The van der Waals surface area contributed by atoms with Crippen LogP contribution in [-0.4, -0.2) is 77.3 Å². The number of thiazole rings is 1. The second-order valence-corrected chi connectivity index (χ2v) is 8.85. The smallest absolute Gasteiger partial charge is 0.257 e. The number of hydrogen-bond donors (Lipinski definition) is 0. The van der Waals surface area contributed by atoms with Gasteiger partial charge in [-0.15, -0.1) is 11.3 Å². The van der Waals surface area contributed by atoms with Gasteiger partial charge in [-0.25, -0.2) is 4.98 Å². The van der Waals surface area contributed by atoms with Crippen molar-refractivity contribution in [2.75, 3.05) is 45.8 Å². The Bertz CT molecular complexity index is 857. The van der Waals surface area contributed by atoms with Crippen molar-refractivity contribution in [1.29, 1.82) is 0 Å². The topological polar surface area (TPSA) is 66.0 Å². The lowest BCUT2D eigenvalue weighted by atomic mass is 10.1. The number of piperazine rings is 1. The Kier molecular flexibility index (Phi) is 7.53. The van der Waals surface area contributed by atoms with Gasteiger partial charge in [0.2, 0.25) is 5.91 Å². The quantitative estimate of drug-likeness (QED) is 0.688. The van der Waals surface area contributed by atoms with Crippen LogP contribution in [-0.2, 0) is 11.4 Å². The summed E-state index contributed by atoms with van der Waals surface area (Å²) in [4.78, 5) is 36.1. The minimum absolute atomic E-state index is 0.0210. The van der Waals surface area contributed by atoms with Crippen molar-refractivity contribution in [3.8, 4) is 5.75 Å². The van der Waals surface area contributed by atoms with Crippen LogP contribution >= 0.6 is 11.3 Å². The number of benzene rings is 1. The molecule has 166 valence electrons. The van der Waals surface area contributed by atoms with Crippen molar-refractivity contribution in [3.63, 3.8) is 0 Å². The van der Waals surface area contributed by atoms with Crippen LogP contribution in [0, 0.1) is 0 Å². The van der Waals surface area contributed by atoms with E-state index in [1.807, 2.05) is 39.4 Å². The first-order valence-corrected chi connectivity index (χ1v) is 12.0. The largest absolute Gasteiger partial charge is 0.486 e. The molecule has 2 aromatic rings. The van der Waals surface area contributed by atoms with Crippen LogP contribution in [0.1, 0.15) is 41.7 Å². The van der Waals surface area contributed by atoms with Gasteiger partial charge >= 0.3 is 0 Å². The summed E-state index contributed by atoms with van der Waals surface area (Å²) in [7, 11) is 0. The van der Waals surface area contributed by atoms with Crippen molar-refractivity contribution < 1.29 is 14.3 Å². The van der Waals surface area contributed by atoms with E-state index in [2.05, 4.69) is 9.88 Å². The molecule has 0 saturated carbocycles. The van der Waals surface area contributed by atoms with Crippen LogP contribution in [0.2, 0.25) is 0 Å². The average molecular weight is 443 g/mol. The zero-order chi connectivity index (χ0) is 21.5. The molecule has 4 rings (SSSR count). The summed E-state index contributed by atoms with van der Waals surface area (Å²) >= 11 is 1.52. The number of likely N-dealkylation sites (tertiary alicyclic amines) is 1. The Morgan fingerprint density at radius 3 is 2.39 bits per heavy atom. The number of carbonyl (C=O) groups is 2. The van der Waals surface area contributed by atoms with E-state index in [4.69, 9.17) is 4.74 Å². The normalized spacial score (nSPS) is 17.9. The minimum atomic E-state index is -0.0210. The highest BCUT2D eigenvalue weighted by Gasteiger charge is 2.26. The summed E-state index contributed by atoms with van der Waals surface area (Å²) in [5.74, 6) is 0.786. The number of aromatic nitrogens is 1. The molecule has 2 aliphatic heterocycles. The summed E-state index contributed by atoms with van der Waals surface area (Å²) in [6.45, 7) is 5.24. The Hall–Kier alpha value is -2.45. The minimum Gasteiger partial charge on any atom is -0.486 e. The molecule has 0 unspecified atom stereocenters. The lowest BCUT2D eigenvalue weighted by Gasteiger charge is -2.35. The highest BCUT2D eigenvalue weighted by atomic mass is 32.1. The SMILES string of the molecule is O=C(CN1CCN(C(=O)c2ccccc2OCc2cscn2)CC1)N1CCCCCC1. The van der Waals surface area contributed by atoms with Gasteiger partial charge in [0.15, 0.2) is 0 Å². The lowest BCUT2D eigenvalue weighted by Crippen LogP contribution is -2.51. The van der Waals surface area contributed by atoms with E-state index in [0.717, 1.165) is 31.6 Å². The number of nitrogens with zero attached hydrogens (tertiary/aromatic N) is 4. The molecule has 0 aliphatic carbocycles. The molecular weight excluding hydrogens is 412 g/mol. The van der Waals surface area contributed by atoms with Crippen LogP contribution in [0.5, 0.6) is 5.75 Å². The fraction of sp³-hybridized carbons (Fsp3) is 0.522. The molecule has 1 aromatic heterocycles. The third kappa shape index (κ3) is 5.83. The number of hydrogen-bond acceptors (Lipinski definition) is 6.